The Balaban J connectivity index is 3.00. The van der Waals surface area contributed by atoms with Crippen LogP contribution in [0.25, 0.3) is 20.9 Å². The van der Waals surface area contributed by atoms with Crippen LogP contribution in [0.4, 0.5) is 0 Å². The molecule has 0 bridgehead atoms. The molecule has 0 saturated carbocycles. The van der Waals surface area contributed by atoms with E-state index in [1.165, 1.54) is 18.2 Å². The molecule has 0 spiro atoms. The summed E-state index contributed by atoms with van der Waals surface area (Å²) < 4.78 is 10.5. The summed E-state index contributed by atoms with van der Waals surface area (Å²) in [5, 5.41) is 18.2. The lowest BCUT2D eigenvalue weighted by Crippen LogP contribution is -2.29. The number of carbonyl (C=O) groups excluding carboxylic acids is 1. The molecule has 0 fully saturated rings. The van der Waals surface area contributed by atoms with Crippen molar-refractivity contribution >= 4 is 5.91 Å². The highest BCUT2D eigenvalue weighted by Gasteiger charge is 2.19. The van der Waals surface area contributed by atoms with Gasteiger partial charge in [0.2, 0.25) is 5.91 Å². The van der Waals surface area contributed by atoms with Crippen molar-refractivity contribution in [1.82, 2.24) is 5.32 Å². The Kier molecular flexibility index (Phi) is 9.54. The first-order chi connectivity index (χ1) is 13.2. The molecule has 0 aliphatic carbocycles. The summed E-state index contributed by atoms with van der Waals surface area (Å²) in [6, 6.07) is 3.32. The lowest BCUT2D eigenvalue weighted by Gasteiger charge is -2.16. The summed E-state index contributed by atoms with van der Waals surface area (Å²) in [5.41, 5.74) is 16.9. The van der Waals surface area contributed by atoms with Gasteiger partial charge in [0, 0.05) is 21.9 Å². The van der Waals surface area contributed by atoms with E-state index < -0.39 is 11.9 Å². The predicted molar refractivity (Wildman–Crippen MR) is 91.2 cm³/mol. The molecule has 0 saturated heterocycles. The van der Waals surface area contributed by atoms with Crippen molar-refractivity contribution in [2.45, 2.75) is 6.04 Å². The maximum atomic E-state index is 11.6. The van der Waals surface area contributed by atoms with Crippen molar-refractivity contribution < 1.29 is 14.3 Å². The molecular weight excluding hydrogens is 362 g/mol. The number of nitrogens with zero attached hydrogens (tertiary/aromatic N) is 9. The van der Waals surface area contributed by atoms with Crippen LogP contribution < -0.4 is 20.6 Å². The highest BCUT2D eigenvalue weighted by Crippen LogP contribution is 2.31. The van der Waals surface area contributed by atoms with Crippen LogP contribution in [-0.4, -0.2) is 32.5 Å². The molecule has 1 atom stereocenters. The first-order valence-electron chi connectivity index (χ1n) is 7.23. The molecule has 142 valence electrons. The minimum absolute atomic E-state index is 0.167. The summed E-state index contributed by atoms with van der Waals surface area (Å²) in [6.07, 6.45) is 0. The van der Waals surface area contributed by atoms with Crippen LogP contribution in [0.1, 0.15) is 11.6 Å². The number of benzene rings is 1. The van der Waals surface area contributed by atoms with Gasteiger partial charge in [0.15, 0.2) is 13.5 Å². The molecule has 27 heavy (non-hydrogen) atoms. The predicted octanol–water partition coefficient (Wildman–Crippen LogP) is 2.23. The molecule has 0 heterocycles. The number of rotatable bonds is 12. The topological polar surface area (TPSA) is 225 Å². The second kappa shape index (κ2) is 12.3. The third kappa shape index (κ3) is 7.55. The largest absolute Gasteiger partial charge is 0.488 e. The molecule has 0 radical (unpaired) electrons. The van der Waals surface area contributed by atoms with E-state index in [0.29, 0.717) is 0 Å². The maximum absolute atomic E-state index is 11.6. The van der Waals surface area contributed by atoms with Crippen molar-refractivity contribution in [3.8, 4) is 11.5 Å². The van der Waals surface area contributed by atoms with Gasteiger partial charge in [0.25, 0.3) is 0 Å². The number of azide groups is 2. The van der Waals surface area contributed by atoms with Gasteiger partial charge in [-0.15, -0.1) is 0 Å². The van der Waals surface area contributed by atoms with Crippen molar-refractivity contribution in [3.63, 3.8) is 0 Å². The van der Waals surface area contributed by atoms with Crippen molar-refractivity contribution in [2.24, 2.45) is 31.6 Å². The van der Waals surface area contributed by atoms with E-state index in [1.807, 2.05) is 0 Å². The van der Waals surface area contributed by atoms with Crippen LogP contribution in [0.2, 0.25) is 0 Å². The van der Waals surface area contributed by atoms with Crippen molar-refractivity contribution in [2.75, 3.05) is 26.6 Å². The van der Waals surface area contributed by atoms with Crippen LogP contribution in [0, 0.1) is 4.91 Å². The van der Waals surface area contributed by atoms with Crippen LogP contribution in [0.15, 0.2) is 43.9 Å². The number of carbonyl (C=O) groups is 1. The summed E-state index contributed by atoms with van der Waals surface area (Å²) in [7, 11) is 0. The quantitative estimate of drug-likeness (QED) is 0.139. The van der Waals surface area contributed by atoms with Gasteiger partial charge in [0.1, 0.15) is 24.1 Å². The normalized spacial score (nSPS) is 11.0. The number of hydrogen-bond donors (Lipinski definition) is 2. The molecule has 0 aliphatic heterocycles. The van der Waals surface area contributed by atoms with Crippen molar-refractivity contribution in [3.05, 3.63) is 49.6 Å². The zero-order valence-electron chi connectivity index (χ0n) is 13.9. The summed E-state index contributed by atoms with van der Waals surface area (Å²) in [5.74, 6) is 4.75. The van der Waals surface area contributed by atoms with E-state index in [4.69, 9.17) is 26.4 Å². The Morgan fingerprint density at radius 2 is 1.93 bits per heavy atom. The molecule has 3 N–H and O–H groups in total. The zero-order chi connectivity index (χ0) is 19.9. The number of amides is 1. The SMILES string of the molecule is [N-]=[N+]=NCOc1ccc(OCN=[N+]=[N-])c(C(CNC(=O)CN=NN)N=O)c1. The summed E-state index contributed by atoms with van der Waals surface area (Å²) in [6.45, 7) is -1.07. The standard InChI is InChI=1S/C12H15N11O4/c13-21-17-5-12(24)16-4-10(20-25)9-3-8(26-6-18-22-14)1-2-11(9)27-7-19-23-15/h1-3,10H,4-7H2,(H2,13,17)(H,16,24). The average Bonchev–Trinajstić information content (AvgIpc) is 2.68. The minimum atomic E-state index is -1.05. The Labute approximate surface area is 151 Å². The zero-order valence-corrected chi connectivity index (χ0v) is 13.9. The van der Waals surface area contributed by atoms with Crippen molar-refractivity contribution in [1.29, 1.82) is 0 Å². The molecule has 1 unspecified atom stereocenters. The summed E-state index contributed by atoms with van der Waals surface area (Å²) >= 11 is 0. The second-order valence-electron chi connectivity index (χ2n) is 4.55. The number of hydrogen-bond acceptors (Lipinski definition) is 9. The third-order valence-corrected chi connectivity index (χ3v) is 2.95. The first-order valence-corrected chi connectivity index (χ1v) is 7.23. The Morgan fingerprint density at radius 3 is 2.56 bits per heavy atom. The monoisotopic (exact) mass is 377 g/mol. The van der Waals surface area contributed by atoms with Crippen LogP contribution in [0.3, 0.4) is 0 Å². The molecule has 1 rings (SSSR count). The maximum Gasteiger partial charge on any atom is 0.243 e. The van der Waals surface area contributed by atoms with Crippen LogP contribution in [0.5, 0.6) is 11.5 Å². The number of nitrogens with one attached hydrogen (secondary N) is 1. The second-order valence-corrected chi connectivity index (χ2v) is 4.55. The molecule has 1 aromatic rings. The van der Waals surface area contributed by atoms with E-state index in [2.05, 4.69) is 40.9 Å². The molecular formula is C12H15N11O4. The Bertz CT molecular complexity index is 771. The lowest BCUT2D eigenvalue weighted by molar-refractivity contribution is -0.119. The van der Waals surface area contributed by atoms with Gasteiger partial charge in [-0.25, -0.2) is 0 Å². The van der Waals surface area contributed by atoms with Gasteiger partial charge >= 0.3 is 0 Å². The lowest BCUT2D eigenvalue weighted by atomic mass is 10.1. The molecule has 0 aliphatic rings. The molecule has 15 nitrogen and oxygen atoms in total. The van der Waals surface area contributed by atoms with Gasteiger partial charge in [0.05, 0.1) is 0 Å². The van der Waals surface area contributed by atoms with E-state index >= 15 is 0 Å². The van der Waals surface area contributed by atoms with E-state index in [0.717, 1.165) is 0 Å². The van der Waals surface area contributed by atoms with E-state index in [9.17, 15) is 9.70 Å². The van der Waals surface area contributed by atoms with Gasteiger partial charge in [-0.1, -0.05) is 20.6 Å². The van der Waals surface area contributed by atoms with Crippen LogP contribution in [-0.2, 0) is 4.79 Å². The number of nitroso groups, excluding NO2 is 1. The van der Waals surface area contributed by atoms with Gasteiger partial charge in [-0.2, -0.15) is 10.0 Å². The fourth-order valence-corrected chi connectivity index (χ4v) is 1.84. The first kappa shape index (κ1) is 21.0. The summed E-state index contributed by atoms with van der Waals surface area (Å²) in [4.78, 5) is 28.0. The fourth-order valence-electron chi connectivity index (χ4n) is 1.84. The fraction of sp³-hybridized carbons (Fsp3) is 0.417. The molecule has 15 heteroatoms. The highest BCUT2D eigenvalue weighted by atomic mass is 16.5. The minimum Gasteiger partial charge on any atom is -0.488 e. The molecule has 1 aromatic carbocycles. The molecule has 0 aromatic heterocycles. The molecule has 1 amide bonds. The Hall–Kier alpha value is -4.09. The van der Waals surface area contributed by atoms with E-state index in [-0.39, 0.29) is 43.6 Å². The number of nitrogens with two attached hydrogens (primary N) is 1. The number of ether oxygens (including phenoxy) is 2. The smallest absolute Gasteiger partial charge is 0.243 e. The third-order valence-electron chi connectivity index (χ3n) is 2.95. The highest BCUT2D eigenvalue weighted by molar-refractivity contribution is 5.78. The van der Waals surface area contributed by atoms with Gasteiger partial charge in [-0.05, 0) is 29.3 Å². The van der Waals surface area contributed by atoms with E-state index in [1.54, 1.807) is 0 Å². The average molecular weight is 377 g/mol. The van der Waals surface area contributed by atoms with Gasteiger partial charge < -0.3 is 20.6 Å². The Morgan fingerprint density at radius 1 is 1.22 bits per heavy atom. The van der Waals surface area contributed by atoms with Gasteiger partial charge in [-0.3, -0.25) is 4.79 Å². The van der Waals surface area contributed by atoms with Crippen LogP contribution >= 0.6 is 0 Å².